The van der Waals surface area contributed by atoms with Gasteiger partial charge in [-0.25, -0.2) is 0 Å². The highest BCUT2D eigenvalue weighted by Crippen LogP contribution is 2.34. The van der Waals surface area contributed by atoms with Gasteiger partial charge in [0.25, 0.3) is 0 Å². The van der Waals surface area contributed by atoms with Crippen molar-refractivity contribution in [2.45, 2.75) is 26.5 Å². The van der Waals surface area contributed by atoms with Crippen LogP contribution < -0.4 is 14.8 Å². The van der Waals surface area contributed by atoms with Crippen molar-refractivity contribution in [3.05, 3.63) is 93.0 Å². The van der Waals surface area contributed by atoms with E-state index < -0.39 is 0 Å². The van der Waals surface area contributed by atoms with Crippen LogP contribution in [0.5, 0.6) is 11.5 Å². The van der Waals surface area contributed by atoms with Crippen LogP contribution in [-0.4, -0.2) is 18.1 Å². The zero-order chi connectivity index (χ0) is 22.3. The molecule has 4 aromatic rings. The fourth-order valence-electron chi connectivity index (χ4n) is 3.62. The number of halogens is 2. The fraction of sp³-hybridized carbons (Fsp3) is 0.231. The zero-order valence-corrected chi connectivity index (χ0v) is 20.3. The molecule has 4 nitrogen and oxygen atoms in total. The summed E-state index contributed by atoms with van der Waals surface area (Å²) in [5.74, 6) is 1.47. The maximum atomic E-state index is 6.04. The number of para-hydroxylation sites is 1. The lowest BCUT2D eigenvalue weighted by atomic mass is 10.1. The molecule has 0 saturated carbocycles. The quantitative estimate of drug-likeness (QED) is 0.227. The molecule has 0 unspecified atom stereocenters. The lowest BCUT2D eigenvalue weighted by molar-refractivity contribution is 0.269. The van der Waals surface area contributed by atoms with Gasteiger partial charge in [0, 0.05) is 33.1 Å². The van der Waals surface area contributed by atoms with Gasteiger partial charge in [-0.3, -0.25) is 0 Å². The van der Waals surface area contributed by atoms with Gasteiger partial charge >= 0.3 is 0 Å². The molecule has 0 radical (unpaired) electrons. The molecule has 0 saturated heterocycles. The average Bonchev–Trinajstić information content (AvgIpc) is 3.21. The molecule has 6 heteroatoms. The summed E-state index contributed by atoms with van der Waals surface area (Å²) in [6.07, 6.45) is 3.06. The number of fused-ring (bicyclic) bond motifs is 1. The minimum absolute atomic E-state index is 0.450. The van der Waals surface area contributed by atoms with Crippen molar-refractivity contribution in [3.8, 4) is 11.5 Å². The van der Waals surface area contributed by atoms with Crippen LogP contribution in [0.25, 0.3) is 10.9 Å². The molecule has 0 spiro atoms. The molecule has 3 aromatic carbocycles. The number of aromatic amines is 1. The number of ether oxygens (including phenoxy) is 2. The van der Waals surface area contributed by atoms with Gasteiger partial charge < -0.3 is 19.8 Å². The highest BCUT2D eigenvalue weighted by atomic mass is 79.9. The van der Waals surface area contributed by atoms with Gasteiger partial charge in [0.15, 0.2) is 11.5 Å². The molecule has 0 aliphatic rings. The summed E-state index contributed by atoms with van der Waals surface area (Å²) >= 11 is 9.66. The summed E-state index contributed by atoms with van der Waals surface area (Å²) in [7, 11) is 0. The molecule has 0 atom stereocenters. The monoisotopic (exact) mass is 512 g/mol. The van der Waals surface area contributed by atoms with Gasteiger partial charge in [-0.1, -0.05) is 57.9 Å². The van der Waals surface area contributed by atoms with E-state index in [0.717, 1.165) is 46.6 Å². The van der Waals surface area contributed by atoms with Crippen LogP contribution in [-0.2, 0) is 19.6 Å². The van der Waals surface area contributed by atoms with Crippen LogP contribution in [0.1, 0.15) is 23.6 Å². The molecule has 1 aromatic heterocycles. The molecular formula is C26H26BrClN2O2. The van der Waals surface area contributed by atoms with E-state index in [2.05, 4.69) is 56.7 Å². The van der Waals surface area contributed by atoms with Crippen LogP contribution in [0.4, 0.5) is 0 Å². The number of nitrogens with one attached hydrogen (secondary N) is 2. The molecular weight excluding hydrogens is 488 g/mol. The van der Waals surface area contributed by atoms with Crippen molar-refractivity contribution in [2.24, 2.45) is 0 Å². The fourth-order valence-corrected chi connectivity index (χ4v) is 4.21. The molecule has 0 bridgehead atoms. The van der Waals surface area contributed by atoms with Gasteiger partial charge in [0.05, 0.1) is 6.61 Å². The summed E-state index contributed by atoms with van der Waals surface area (Å²) in [6, 6.07) is 20.1. The summed E-state index contributed by atoms with van der Waals surface area (Å²) in [4.78, 5) is 3.34. The Morgan fingerprint density at radius 3 is 2.56 bits per heavy atom. The number of rotatable bonds is 10. The third-order valence-electron chi connectivity index (χ3n) is 5.28. The third kappa shape index (κ3) is 5.66. The van der Waals surface area contributed by atoms with Crippen molar-refractivity contribution >= 4 is 38.4 Å². The van der Waals surface area contributed by atoms with Crippen LogP contribution in [0.15, 0.2) is 71.3 Å². The van der Waals surface area contributed by atoms with E-state index in [1.165, 1.54) is 16.5 Å². The maximum absolute atomic E-state index is 6.04. The molecule has 4 rings (SSSR count). The average molecular weight is 514 g/mol. The van der Waals surface area contributed by atoms with E-state index in [1.54, 1.807) is 0 Å². The Labute approximate surface area is 202 Å². The first-order chi connectivity index (χ1) is 15.6. The van der Waals surface area contributed by atoms with Gasteiger partial charge in [0.2, 0.25) is 0 Å². The summed E-state index contributed by atoms with van der Waals surface area (Å²) in [5, 5.41) is 5.55. The topological polar surface area (TPSA) is 46.3 Å². The van der Waals surface area contributed by atoms with E-state index in [-0.39, 0.29) is 0 Å². The maximum Gasteiger partial charge on any atom is 0.162 e. The Bertz CT molecular complexity index is 1170. The minimum atomic E-state index is 0.450. The second-order valence-corrected chi connectivity index (χ2v) is 8.82. The van der Waals surface area contributed by atoms with Gasteiger partial charge in [-0.2, -0.15) is 0 Å². The third-order valence-corrected chi connectivity index (χ3v) is 6.27. The normalized spacial score (nSPS) is 11.1. The molecule has 0 amide bonds. The van der Waals surface area contributed by atoms with Crippen molar-refractivity contribution in [1.29, 1.82) is 0 Å². The van der Waals surface area contributed by atoms with Crippen LogP contribution in [0.2, 0.25) is 5.02 Å². The predicted molar refractivity (Wildman–Crippen MR) is 135 cm³/mol. The van der Waals surface area contributed by atoms with Gasteiger partial charge in [-0.15, -0.1) is 0 Å². The largest absolute Gasteiger partial charge is 0.490 e. The molecule has 2 N–H and O–H groups in total. The van der Waals surface area contributed by atoms with E-state index >= 15 is 0 Å². The number of hydrogen-bond acceptors (Lipinski definition) is 3. The van der Waals surface area contributed by atoms with Crippen molar-refractivity contribution in [2.75, 3.05) is 13.2 Å². The molecule has 0 aliphatic carbocycles. The van der Waals surface area contributed by atoms with E-state index in [9.17, 15) is 0 Å². The SMILES string of the molecule is CCOc1cc(CNCCc2c[nH]c3ccccc23)c(Br)cc1OCc1ccc(Cl)cc1. The minimum Gasteiger partial charge on any atom is -0.490 e. The Morgan fingerprint density at radius 2 is 1.75 bits per heavy atom. The number of H-pyrrole nitrogens is 1. The van der Waals surface area contributed by atoms with Crippen molar-refractivity contribution < 1.29 is 9.47 Å². The predicted octanol–water partition coefficient (Wildman–Crippen LogP) is 6.89. The van der Waals surface area contributed by atoms with Gasteiger partial charge in [-0.05, 0) is 66.9 Å². The second kappa shape index (κ2) is 10.9. The molecule has 0 aliphatic heterocycles. The number of hydrogen-bond donors (Lipinski definition) is 2. The van der Waals surface area contributed by atoms with E-state index in [4.69, 9.17) is 21.1 Å². The molecule has 166 valence electrons. The standard InChI is InChI=1S/C26H26BrClN2O2/c1-2-31-25-13-20(15-29-12-11-19-16-30-24-6-4-3-5-22(19)24)23(27)14-26(25)32-17-18-7-9-21(28)10-8-18/h3-10,13-14,16,29-30H,2,11-12,15,17H2,1H3. The number of aromatic nitrogens is 1. The first kappa shape index (κ1) is 22.7. The van der Waals surface area contributed by atoms with E-state index in [0.29, 0.717) is 18.2 Å². The molecule has 0 fully saturated rings. The smallest absolute Gasteiger partial charge is 0.162 e. The summed E-state index contributed by atoms with van der Waals surface area (Å²) in [6.45, 7) is 4.62. The zero-order valence-electron chi connectivity index (χ0n) is 18.0. The number of benzene rings is 3. The van der Waals surface area contributed by atoms with Crippen LogP contribution >= 0.6 is 27.5 Å². The lowest BCUT2D eigenvalue weighted by Crippen LogP contribution is -2.17. The highest BCUT2D eigenvalue weighted by Gasteiger charge is 2.12. The van der Waals surface area contributed by atoms with Crippen molar-refractivity contribution in [1.82, 2.24) is 10.3 Å². The Balaban J connectivity index is 1.37. The summed E-state index contributed by atoms with van der Waals surface area (Å²) in [5.41, 5.74) is 4.69. The lowest BCUT2D eigenvalue weighted by Gasteiger charge is -2.15. The highest BCUT2D eigenvalue weighted by molar-refractivity contribution is 9.10. The Morgan fingerprint density at radius 1 is 0.969 bits per heavy atom. The van der Waals surface area contributed by atoms with Crippen LogP contribution in [0.3, 0.4) is 0 Å². The molecule has 32 heavy (non-hydrogen) atoms. The first-order valence-corrected chi connectivity index (χ1v) is 11.9. The summed E-state index contributed by atoms with van der Waals surface area (Å²) < 4.78 is 12.9. The van der Waals surface area contributed by atoms with Crippen LogP contribution in [0, 0.1) is 0 Å². The Kier molecular flexibility index (Phi) is 7.74. The Hall–Kier alpha value is -2.47. The molecule has 1 heterocycles. The van der Waals surface area contributed by atoms with Gasteiger partial charge in [0.1, 0.15) is 6.61 Å². The first-order valence-electron chi connectivity index (χ1n) is 10.7. The van der Waals surface area contributed by atoms with Crippen molar-refractivity contribution in [3.63, 3.8) is 0 Å². The second-order valence-electron chi connectivity index (χ2n) is 7.52. The van der Waals surface area contributed by atoms with E-state index in [1.807, 2.05) is 43.3 Å².